The summed E-state index contributed by atoms with van der Waals surface area (Å²) in [4.78, 5) is 10.4. The predicted molar refractivity (Wildman–Crippen MR) is 100 cm³/mol. The summed E-state index contributed by atoms with van der Waals surface area (Å²) in [7, 11) is 4.14. The van der Waals surface area contributed by atoms with Crippen LogP contribution in [0.3, 0.4) is 0 Å². The van der Waals surface area contributed by atoms with Crippen LogP contribution in [-0.2, 0) is 12.8 Å². The second kappa shape index (κ2) is 7.15. The molecule has 0 atom stereocenters. The summed E-state index contributed by atoms with van der Waals surface area (Å²) < 4.78 is 0. The van der Waals surface area contributed by atoms with E-state index in [2.05, 4.69) is 65.3 Å². The number of nitrogens with two attached hydrogens (primary N) is 1. The fourth-order valence-corrected chi connectivity index (χ4v) is 3.72. The highest BCUT2D eigenvalue weighted by Gasteiger charge is 2.16. The molecule has 5 heteroatoms. The molecule has 1 aliphatic rings. The molecule has 0 spiro atoms. The minimum atomic E-state index is 0.712. The van der Waals surface area contributed by atoms with Crippen LogP contribution in [0.1, 0.15) is 16.1 Å². The molecule has 122 valence electrons. The van der Waals surface area contributed by atoms with Gasteiger partial charge in [0.1, 0.15) is 0 Å². The highest BCUT2D eigenvalue weighted by Crippen LogP contribution is 2.24. The molecule has 2 heterocycles. The molecule has 0 aliphatic carbocycles. The van der Waals surface area contributed by atoms with Gasteiger partial charge in [-0.25, -0.2) is 4.98 Å². The van der Waals surface area contributed by atoms with Gasteiger partial charge in [-0.15, -0.1) is 11.3 Å². The molecule has 0 bridgehead atoms. The van der Waals surface area contributed by atoms with Crippen LogP contribution in [0.5, 0.6) is 0 Å². The molecule has 0 radical (unpaired) electrons. The molecule has 0 amide bonds. The van der Waals surface area contributed by atoms with Crippen molar-refractivity contribution in [2.75, 3.05) is 44.4 Å². The van der Waals surface area contributed by atoms with Crippen LogP contribution < -0.4 is 10.6 Å². The van der Waals surface area contributed by atoms with Crippen molar-refractivity contribution in [1.29, 1.82) is 0 Å². The van der Waals surface area contributed by atoms with Gasteiger partial charge in [0.2, 0.25) is 0 Å². The Morgan fingerprint density at radius 1 is 1.30 bits per heavy atom. The number of hydrogen-bond donors (Lipinski definition) is 1. The number of aromatic nitrogens is 1. The first kappa shape index (κ1) is 16.0. The molecule has 2 aromatic rings. The third kappa shape index (κ3) is 4.12. The summed E-state index contributed by atoms with van der Waals surface area (Å²) in [6, 6.07) is 8.59. The molecule has 4 nitrogen and oxygen atoms in total. The maximum Gasteiger partial charge on any atom is 0.180 e. The van der Waals surface area contributed by atoms with Crippen molar-refractivity contribution in [2.24, 2.45) is 0 Å². The van der Waals surface area contributed by atoms with E-state index < -0.39 is 0 Å². The highest BCUT2D eigenvalue weighted by molar-refractivity contribution is 7.15. The lowest BCUT2D eigenvalue weighted by molar-refractivity contribution is 0.318. The predicted octanol–water partition coefficient (Wildman–Crippen LogP) is 2.91. The highest BCUT2D eigenvalue weighted by atomic mass is 32.1. The van der Waals surface area contributed by atoms with Crippen molar-refractivity contribution in [3.05, 3.63) is 46.5 Å². The number of fused-ring (bicyclic) bond motifs is 1. The average Bonchev–Trinajstić information content (AvgIpc) is 2.79. The monoisotopic (exact) mass is 328 g/mol. The molecular weight excluding hydrogens is 304 g/mol. The molecule has 1 aromatic carbocycles. The van der Waals surface area contributed by atoms with Crippen LogP contribution in [0.4, 0.5) is 10.8 Å². The number of benzene rings is 1. The second-order valence-corrected chi connectivity index (χ2v) is 7.23. The quantitative estimate of drug-likeness (QED) is 0.937. The minimum Gasteiger partial charge on any atom is -0.378 e. The zero-order valence-electron chi connectivity index (χ0n) is 13.8. The van der Waals surface area contributed by atoms with E-state index >= 15 is 0 Å². The zero-order valence-corrected chi connectivity index (χ0v) is 14.6. The second-order valence-electron chi connectivity index (χ2n) is 6.11. The van der Waals surface area contributed by atoms with Gasteiger partial charge in [0.25, 0.3) is 0 Å². The average molecular weight is 328 g/mol. The third-order valence-corrected chi connectivity index (χ3v) is 5.16. The topological polar surface area (TPSA) is 45.4 Å². The van der Waals surface area contributed by atoms with E-state index in [0.29, 0.717) is 5.13 Å². The van der Waals surface area contributed by atoms with Crippen LogP contribution in [0.25, 0.3) is 6.08 Å². The molecule has 1 aliphatic heterocycles. The maximum absolute atomic E-state index is 5.80. The zero-order chi connectivity index (χ0) is 16.2. The van der Waals surface area contributed by atoms with Crippen LogP contribution in [0.15, 0.2) is 30.3 Å². The Hall–Kier alpha value is -1.85. The molecule has 3 rings (SSSR count). The number of anilines is 2. The summed E-state index contributed by atoms with van der Waals surface area (Å²) in [5, 5.41) is 0.712. The van der Waals surface area contributed by atoms with Gasteiger partial charge in [-0.05, 0) is 24.1 Å². The number of nitrogens with zero attached hydrogens (tertiary/aromatic N) is 3. The Balaban J connectivity index is 1.56. The summed E-state index contributed by atoms with van der Waals surface area (Å²) in [5.74, 6) is 0. The van der Waals surface area contributed by atoms with Gasteiger partial charge in [-0.1, -0.05) is 24.3 Å². The normalized spacial score (nSPS) is 15.6. The van der Waals surface area contributed by atoms with Crippen molar-refractivity contribution in [3.63, 3.8) is 0 Å². The van der Waals surface area contributed by atoms with Crippen molar-refractivity contribution in [2.45, 2.75) is 12.8 Å². The lowest BCUT2D eigenvalue weighted by Crippen LogP contribution is -2.26. The first-order chi connectivity index (χ1) is 11.1. The lowest BCUT2D eigenvalue weighted by atomic mass is 10.2. The first-order valence-corrected chi connectivity index (χ1v) is 8.84. The van der Waals surface area contributed by atoms with E-state index in [0.717, 1.165) is 32.5 Å². The molecule has 2 N–H and O–H groups in total. The van der Waals surface area contributed by atoms with Crippen LogP contribution in [-0.4, -0.2) is 43.6 Å². The Morgan fingerprint density at radius 2 is 2.13 bits per heavy atom. The third-order valence-electron chi connectivity index (χ3n) is 4.18. The fraction of sp³-hybridized carbons (Fsp3) is 0.389. The Kier molecular flexibility index (Phi) is 4.98. The van der Waals surface area contributed by atoms with E-state index in [1.807, 2.05) is 0 Å². The van der Waals surface area contributed by atoms with Gasteiger partial charge in [-0.3, -0.25) is 4.90 Å². The fourth-order valence-electron chi connectivity index (χ4n) is 2.86. The molecule has 1 aromatic heterocycles. The molecule has 0 saturated heterocycles. The van der Waals surface area contributed by atoms with Crippen molar-refractivity contribution in [1.82, 2.24) is 9.88 Å². The smallest absolute Gasteiger partial charge is 0.180 e. The molecular formula is C18H24N4S. The van der Waals surface area contributed by atoms with E-state index in [1.165, 1.54) is 21.8 Å². The Morgan fingerprint density at radius 3 is 2.96 bits per heavy atom. The number of nitrogen functional groups attached to an aromatic ring is 1. The van der Waals surface area contributed by atoms with Crippen LogP contribution in [0.2, 0.25) is 0 Å². The van der Waals surface area contributed by atoms with Crippen molar-refractivity contribution in [3.8, 4) is 0 Å². The standard InChI is InChI=1S/C18H24N4S/c1-21(2)15-7-3-5-14(13-15)6-4-10-22-11-8-16-17(9-12-22)23-18(19)20-16/h3-7,13H,8-12H2,1-2H3,(H2,19,20)/b6-4+. The maximum atomic E-state index is 5.80. The van der Waals surface area contributed by atoms with Crippen molar-refractivity contribution >= 4 is 28.2 Å². The van der Waals surface area contributed by atoms with E-state index in [1.54, 1.807) is 11.3 Å². The number of rotatable bonds is 4. The van der Waals surface area contributed by atoms with E-state index in [9.17, 15) is 0 Å². The number of thiazole rings is 1. The minimum absolute atomic E-state index is 0.712. The SMILES string of the molecule is CN(C)c1cccc(/C=C/CN2CCc3nc(N)sc3CC2)c1. The van der Waals surface area contributed by atoms with Crippen LogP contribution >= 0.6 is 11.3 Å². The van der Waals surface area contributed by atoms with Gasteiger partial charge in [0.15, 0.2) is 5.13 Å². The molecule has 0 saturated carbocycles. The number of hydrogen-bond acceptors (Lipinski definition) is 5. The Bertz CT molecular complexity index is 665. The molecule has 0 fully saturated rings. The summed E-state index contributed by atoms with van der Waals surface area (Å²) >= 11 is 1.65. The molecule has 0 unspecified atom stereocenters. The largest absolute Gasteiger partial charge is 0.378 e. The Labute approximate surface area is 142 Å². The molecule has 23 heavy (non-hydrogen) atoms. The summed E-state index contributed by atoms with van der Waals surface area (Å²) in [6.45, 7) is 3.12. The van der Waals surface area contributed by atoms with Crippen LogP contribution in [0, 0.1) is 0 Å². The van der Waals surface area contributed by atoms with Gasteiger partial charge in [0.05, 0.1) is 5.69 Å². The van der Waals surface area contributed by atoms with Gasteiger partial charge < -0.3 is 10.6 Å². The van der Waals surface area contributed by atoms with Gasteiger partial charge in [-0.2, -0.15) is 0 Å². The summed E-state index contributed by atoms with van der Waals surface area (Å²) in [5.41, 5.74) is 9.49. The summed E-state index contributed by atoms with van der Waals surface area (Å²) in [6.07, 6.45) is 6.54. The van der Waals surface area contributed by atoms with E-state index in [-0.39, 0.29) is 0 Å². The van der Waals surface area contributed by atoms with E-state index in [4.69, 9.17) is 5.73 Å². The van der Waals surface area contributed by atoms with Gasteiger partial charge in [0, 0.05) is 50.7 Å². The first-order valence-electron chi connectivity index (χ1n) is 8.02. The lowest BCUT2D eigenvalue weighted by Gasteiger charge is -2.17. The van der Waals surface area contributed by atoms with Gasteiger partial charge >= 0.3 is 0 Å². The van der Waals surface area contributed by atoms with Crippen molar-refractivity contribution < 1.29 is 0 Å².